The van der Waals surface area contributed by atoms with E-state index >= 15 is 0 Å². The second-order valence-corrected chi connectivity index (χ2v) is 6.71. The molecule has 6 heteroatoms. The van der Waals surface area contributed by atoms with Gasteiger partial charge in [-0.15, -0.1) is 0 Å². The Labute approximate surface area is 161 Å². The lowest BCUT2D eigenvalue weighted by atomic mass is 9.89. The Bertz CT molecular complexity index is 1050. The highest BCUT2D eigenvalue weighted by Gasteiger charge is 2.50. The van der Waals surface area contributed by atoms with Crippen molar-refractivity contribution in [3.05, 3.63) is 95.6 Å². The van der Waals surface area contributed by atoms with Crippen LogP contribution in [0.4, 0.5) is 10.1 Å². The number of aromatic nitrogens is 1. The van der Waals surface area contributed by atoms with Crippen LogP contribution in [0.25, 0.3) is 0 Å². The van der Waals surface area contributed by atoms with Crippen molar-refractivity contribution in [2.45, 2.75) is 18.6 Å². The number of nitrogens with zero attached hydrogens (tertiary/aromatic N) is 2. The summed E-state index contributed by atoms with van der Waals surface area (Å²) in [4.78, 5) is 31.2. The molecule has 0 saturated heterocycles. The van der Waals surface area contributed by atoms with Gasteiger partial charge in [0.25, 0.3) is 5.91 Å². The number of ketones is 1. The highest BCUT2D eigenvalue weighted by Crippen LogP contribution is 2.43. The molecule has 2 heterocycles. The number of pyridine rings is 1. The molecule has 0 spiro atoms. The highest BCUT2D eigenvalue weighted by atomic mass is 19.1. The zero-order valence-corrected chi connectivity index (χ0v) is 14.9. The number of aliphatic hydroxyl groups is 1. The molecule has 1 atom stereocenters. The van der Waals surface area contributed by atoms with Crippen LogP contribution in [0.3, 0.4) is 0 Å². The molecule has 1 aliphatic heterocycles. The third-order valence-electron chi connectivity index (χ3n) is 4.84. The minimum atomic E-state index is -1.99. The Morgan fingerprint density at radius 3 is 2.61 bits per heavy atom. The third-order valence-corrected chi connectivity index (χ3v) is 4.84. The molecule has 28 heavy (non-hydrogen) atoms. The summed E-state index contributed by atoms with van der Waals surface area (Å²) in [6.45, 7) is 0.0910. The Hall–Kier alpha value is -3.38. The van der Waals surface area contributed by atoms with Gasteiger partial charge in [-0.25, -0.2) is 4.39 Å². The first-order valence-corrected chi connectivity index (χ1v) is 8.81. The van der Waals surface area contributed by atoms with Crippen LogP contribution < -0.4 is 4.90 Å². The normalized spacial score (nSPS) is 18.2. The number of Topliss-reactive ketones (excluding diaryl/α,β-unsaturated/α-hetero) is 1. The summed E-state index contributed by atoms with van der Waals surface area (Å²) in [5, 5.41) is 11.2. The van der Waals surface area contributed by atoms with Crippen molar-refractivity contribution in [3.63, 3.8) is 0 Å². The van der Waals surface area contributed by atoms with E-state index in [1.165, 1.54) is 23.2 Å². The summed E-state index contributed by atoms with van der Waals surface area (Å²) in [7, 11) is 0. The number of rotatable bonds is 5. The lowest BCUT2D eigenvalue weighted by Gasteiger charge is -2.22. The Morgan fingerprint density at radius 1 is 1.07 bits per heavy atom. The topological polar surface area (TPSA) is 70.5 Å². The van der Waals surface area contributed by atoms with E-state index in [0.717, 1.165) is 0 Å². The van der Waals surface area contributed by atoms with Gasteiger partial charge in [0, 0.05) is 11.8 Å². The summed E-state index contributed by atoms with van der Waals surface area (Å²) in [5.41, 5.74) is -0.347. The molecule has 1 aromatic heterocycles. The molecule has 0 radical (unpaired) electrons. The fraction of sp³-hybridized carbons (Fsp3) is 0.136. The number of hydrogen-bond acceptors (Lipinski definition) is 4. The first kappa shape index (κ1) is 18.0. The Balaban J connectivity index is 1.69. The van der Waals surface area contributed by atoms with Gasteiger partial charge >= 0.3 is 0 Å². The van der Waals surface area contributed by atoms with Gasteiger partial charge in [0.2, 0.25) is 0 Å². The van der Waals surface area contributed by atoms with Crippen molar-refractivity contribution in [1.29, 1.82) is 0 Å². The van der Waals surface area contributed by atoms with Gasteiger partial charge in [0.1, 0.15) is 11.5 Å². The number of amides is 1. The summed E-state index contributed by atoms with van der Waals surface area (Å²) in [6.07, 6.45) is 1.07. The van der Waals surface area contributed by atoms with Crippen LogP contribution in [-0.2, 0) is 16.9 Å². The second kappa shape index (κ2) is 6.98. The second-order valence-electron chi connectivity index (χ2n) is 6.71. The first-order chi connectivity index (χ1) is 13.5. The molecule has 0 saturated carbocycles. The van der Waals surface area contributed by atoms with E-state index in [0.29, 0.717) is 16.8 Å². The van der Waals surface area contributed by atoms with Crippen molar-refractivity contribution in [2.24, 2.45) is 0 Å². The van der Waals surface area contributed by atoms with Crippen LogP contribution in [0, 0.1) is 5.82 Å². The van der Waals surface area contributed by atoms with Crippen LogP contribution in [0.15, 0.2) is 72.9 Å². The monoisotopic (exact) mass is 376 g/mol. The number of fused-ring (bicyclic) bond motifs is 1. The van der Waals surface area contributed by atoms with E-state index in [9.17, 15) is 19.1 Å². The van der Waals surface area contributed by atoms with Gasteiger partial charge in [0.15, 0.2) is 11.4 Å². The summed E-state index contributed by atoms with van der Waals surface area (Å²) in [5.74, 6) is -1.45. The van der Waals surface area contributed by atoms with E-state index in [1.54, 1.807) is 54.6 Å². The Kier molecular flexibility index (Phi) is 4.49. The molecule has 1 aliphatic rings. The van der Waals surface area contributed by atoms with Gasteiger partial charge < -0.3 is 10.0 Å². The molecule has 0 bridgehead atoms. The van der Waals surface area contributed by atoms with Gasteiger partial charge in [-0.2, -0.15) is 0 Å². The summed E-state index contributed by atoms with van der Waals surface area (Å²) < 4.78 is 13.5. The molecule has 0 aliphatic carbocycles. The standard InChI is InChI=1S/C22H17FN2O3/c23-16-7-5-6-15(12-16)14-25-19-10-2-1-8-17(19)22(28,21(25)27)13-20(26)18-9-3-4-11-24-18/h1-12,28H,13-14H2/t22-/m1/s1. The lowest BCUT2D eigenvalue weighted by molar-refractivity contribution is -0.136. The van der Waals surface area contributed by atoms with Crippen molar-refractivity contribution >= 4 is 17.4 Å². The maximum Gasteiger partial charge on any atom is 0.264 e. The van der Waals surface area contributed by atoms with E-state index in [1.807, 2.05) is 0 Å². The van der Waals surface area contributed by atoms with Gasteiger partial charge in [-0.1, -0.05) is 36.4 Å². The smallest absolute Gasteiger partial charge is 0.264 e. The molecular formula is C22H17FN2O3. The molecule has 140 valence electrons. The van der Waals surface area contributed by atoms with E-state index in [-0.39, 0.29) is 12.2 Å². The third kappa shape index (κ3) is 3.08. The highest BCUT2D eigenvalue weighted by molar-refractivity contribution is 6.10. The molecule has 1 amide bonds. The maximum absolute atomic E-state index is 13.5. The number of halogens is 1. The number of hydrogen-bond donors (Lipinski definition) is 1. The van der Waals surface area contributed by atoms with Crippen molar-refractivity contribution in [2.75, 3.05) is 4.90 Å². The zero-order chi connectivity index (χ0) is 19.7. The van der Waals surface area contributed by atoms with Gasteiger partial charge in [-0.05, 0) is 35.9 Å². The quantitative estimate of drug-likeness (QED) is 0.694. The van der Waals surface area contributed by atoms with Crippen LogP contribution in [0.1, 0.15) is 28.0 Å². The van der Waals surface area contributed by atoms with Gasteiger partial charge in [0.05, 0.1) is 18.7 Å². The van der Waals surface area contributed by atoms with E-state index in [2.05, 4.69) is 4.98 Å². The van der Waals surface area contributed by atoms with Crippen LogP contribution >= 0.6 is 0 Å². The molecule has 1 N–H and O–H groups in total. The molecular weight excluding hydrogens is 359 g/mol. The van der Waals surface area contributed by atoms with E-state index in [4.69, 9.17) is 0 Å². The van der Waals surface area contributed by atoms with Gasteiger partial charge in [-0.3, -0.25) is 14.6 Å². The number of benzene rings is 2. The number of para-hydroxylation sites is 1. The van der Waals surface area contributed by atoms with Crippen molar-refractivity contribution < 1.29 is 19.1 Å². The van der Waals surface area contributed by atoms with Crippen LogP contribution in [0.5, 0.6) is 0 Å². The van der Waals surface area contributed by atoms with Crippen LogP contribution in [-0.4, -0.2) is 21.8 Å². The van der Waals surface area contributed by atoms with Crippen molar-refractivity contribution in [1.82, 2.24) is 4.98 Å². The minimum Gasteiger partial charge on any atom is -0.375 e. The average Bonchev–Trinajstić information content (AvgIpc) is 2.91. The fourth-order valence-corrected chi connectivity index (χ4v) is 3.50. The molecule has 0 fully saturated rings. The molecule has 5 nitrogen and oxygen atoms in total. The maximum atomic E-state index is 13.5. The fourth-order valence-electron chi connectivity index (χ4n) is 3.50. The molecule has 2 aromatic carbocycles. The largest absolute Gasteiger partial charge is 0.375 e. The first-order valence-electron chi connectivity index (χ1n) is 8.81. The molecule has 0 unspecified atom stereocenters. The SMILES string of the molecule is O=C(C[C@]1(O)C(=O)N(Cc2cccc(F)c2)c2ccccc21)c1ccccn1. The lowest BCUT2D eigenvalue weighted by Crippen LogP contribution is -2.41. The van der Waals surface area contributed by atoms with E-state index < -0.39 is 29.5 Å². The summed E-state index contributed by atoms with van der Waals surface area (Å²) >= 11 is 0. The minimum absolute atomic E-state index is 0.0910. The average molecular weight is 376 g/mol. The predicted molar refractivity (Wildman–Crippen MR) is 101 cm³/mol. The molecule has 3 aromatic rings. The number of carbonyl (C=O) groups is 2. The summed E-state index contributed by atoms with van der Waals surface area (Å²) in [6, 6.07) is 17.6. The van der Waals surface area contributed by atoms with Crippen LogP contribution in [0.2, 0.25) is 0 Å². The number of carbonyl (C=O) groups excluding carboxylic acids is 2. The zero-order valence-electron chi connectivity index (χ0n) is 14.9. The predicted octanol–water partition coefficient (Wildman–Crippen LogP) is 3.23. The van der Waals surface area contributed by atoms with Crippen molar-refractivity contribution in [3.8, 4) is 0 Å². The molecule has 4 rings (SSSR count). The number of anilines is 1. The Morgan fingerprint density at radius 2 is 1.86 bits per heavy atom.